The molecule has 0 bridgehead atoms. The summed E-state index contributed by atoms with van der Waals surface area (Å²) in [6.07, 6.45) is 36.7. The van der Waals surface area contributed by atoms with E-state index in [0.29, 0.717) is 19.4 Å². The SMILES string of the molecule is CCCCCCCCCCCCCC(=O)OCCCCCC(CCCC)OC(=O)CCCCCCCCCCCCC. The molecular weight excluding hydrogens is 520 g/mol. The highest BCUT2D eigenvalue weighted by Crippen LogP contribution is 2.17. The van der Waals surface area contributed by atoms with E-state index in [4.69, 9.17) is 9.47 Å². The first kappa shape index (κ1) is 40.9. The zero-order valence-corrected chi connectivity index (χ0v) is 28.8. The highest BCUT2D eigenvalue weighted by Gasteiger charge is 2.14. The number of carbonyl (C=O) groups is 2. The van der Waals surface area contributed by atoms with Crippen LogP contribution >= 0.6 is 0 Å². The lowest BCUT2D eigenvalue weighted by atomic mass is 10.0. The first-order valence-corrected chi connectivity index (χ1v) is 19.0. The Morgan fingerprint density at radius 1 is 0.405 bits per heavy atom. The quantitative estimate of drug-likeness (QED) is 0.0549. The fourth-order valence-electron chi connectivity index (χ4n) is 5.71. The molecule has 0 aromatic rings. The van der Waals surface area contributed by atoms with Crippen LogP contribution in [-0.4, -0.2) is 24.6 Å². The third-order valence-corrected chi connectivity index (χ3v) is 8.58. The van der Waals surface area contributed by atoms with E-state index in [2.05, 4.69) is 20.8 Å². The number of ether oxygens (including phenoxy) is 2. The maximum absolute atomic E-state index is 12.4. The monoisotopic (exact) mass is 595 g/mol. The summed E-state index contributed by atoms with van der Waals surface area (Å²) in [4.78, 5) is 24.4. The average Bonchev–Trinajstić information content (AvgIpc) is 2.99. The van der Waals surface area contributed by atoms with Crippen molar-refractivity contribution in [2.24, 2.45) is 0 Å². The van der Waals surface area contributed by atoms with Crippen LogP contribution in [0.3, 0.4) is 0 Å². The van der Waals surface area contributed by atoms with Crippen molar-refractivity contribution < 1.29 is 19.1 Å². The highest BCUT2D eigenvalue weighted by molar-refractivity contribution is 5.69. The fourth-order valence-corrected chi connectivity index (χ4v) is 5.71. The summed E-state index contributed by atoms with van der Waals surface area (Å²) in [6, 6.07) is 0. The van der Waals surface area contributed by atoms with Crippen molar-refractivity contribution in [1.29, 1.82) is 0 Å². The van der Waals surface area contributed by atoms with E-state index >= 15 is 0 Å². The summed E-state index contributed by atoms with van der Waals surface area (Å²) in [5.41, 5.74) is 0. The second kappa shape index (κ2) is 34.4. The lowest BCUT2D eigenvalue weighted by molar-refractivity contribution is -0.150. The second-order valence-corrected chi connectivity index (χ2v) is 12.9. The summed E-state index contributed by atoms with van der Waals surface area (Å²) in [7, 11) is 0. The minimum absolute atomic E-state index is 0.0108. The van der Waals surface area contributed by atoms with Crippen LogP contribution in [-0.2, 0) is 19.1 Å². The van der Waals surface area contributed by atoms with Crippen LogP contribution in [0.5, 0.6) is 0 Å². The molecule has 250 valence electrons. The summed E-state index contributed by atoms with van der Waals surface area (Å²) >= 11 is 0. The molecule has 1 atom stereocenters. The first-order valence-electron chi connectivity index (χ1n) is 19.0. The van der Waals surface area contributed by atoms with E-state index in [9.17, 15) is 9.59 Å². The molecule has 42 heavy (non-hydrogen) atoms. The van der Waals surface area contributed by atoms with Crippen molar-refractivity contribution in [2.75, 3.05) is 6.61 Å². The van der Waals surface area contributed by atoms with Gasteiger partial charge in [0.25, 0.3) is 0 Å². The molecule has 0 aliphatic heterocycles. The van der Waals surface area contributed by atoms with Crippen LogP contribution in [0, 0.1) is 0 Å². The van der Waals surface area contributed by atoms with Crippen molar-refractivity contribution in [1.82, 2.24) is 0 Å². The number of carbonyl (C=O) groups excluding carboxylic acids is 2. The average molecular weight is 595 g/mol. The maximum atomic E-state index is 12.4. The molecule has 0 heterocycles. The predicted octanol–water partition coefficient (Wildman–Crippen LogP) is 12.6. The zero-order valence-electron chi connectivity index (χ0n) is 28.8. The standard InChI is InChI=1S/C38H74O4/c1-4-7-10-12-14-16-18-20-22-24-28-33-37(39)41-35-30-26-27-32-36(31-9-6-3)42-38(40)34-29-25-23-21-19-17-15-13-11-8-5-2/h36H,4-35H2,1-3H3. The number of unbranched alkanes of at least 4 members (excludes halogenated alkanes) is 23. The fraction of sp³-hybridized carbons (Fsp3) is 0.947. The predicted molar refractivity (Wildman–Crippen MR) is 181 cm³/mol. The van der Waals surface area contributed by atoms with Gasteiger partial charge in [-0.25, -0.2) is 0 Å². The van der Waals surface area contributed by atoms with Crippen LogP contribution in [0.4, 0.5) is 0 Å². The molecule has 0 saturated heterocycles. The largest absolute Gasteiger partial charge is 0.466 e. The van der Waals surface area contributed by atoms with Crippen LogP contribution in [0.15, 0.2) is 0 Å². The van der Waals surface area contributed by atoms with Gasteiger partial charge in [0.15, 0.2) is 0 Å². The van der Waals surface area contributed by atoms with Gasteiger partial charge in [-0.15, -0.1) is 0 Å². The number of esters is 2. The second-order valence-electron chi connectivity index (χ2n) is 12.9. The van der Waals surface area contributed by atoms with Crippen molar-refractivity contribution in [3.63, 3.8) is 0 Å². The van der Waals surface area contributed by atoms with Crippen molar-refractivity contribution in [3.05, 3.63) is 0 Å². The molecule has 0 aromatic heterocycles. The van der Waals surface area contributed by atoms with Gasteiger partial charge in [-0.2, -0.15) is 0 Å². The van der Waals surface area contributed by atoms with E-state index < -0.39 is 0 Å². The van der Waals surface area contributed by atoms with Gasteiger partial charge < -0.3 is 9.47 Å². The molecule has 0 aliphatic rings. The minimum Gasteiger partial charge on any atom is -0.466 e. The number of hydrogen-bond donors (Lipinski definition) is 0. The van der Waals surface area contributed by atoms with Gasteiger partial charge in [0.1, 0.15) is 6.10 Å². The summed E-state index contributed by atoms with van der Waals surface area (Å²) in [5, 5.41) is 0. The third-order valence-electron chi connectivity index (χ3n) is 8.58. The molecule has 0 aromatic carbocycles. The third kappa shape index (κ3) is 31.9. The Morgan fingerprint density at radius 3 is 1.21 bits per heavy atom. The Bertz CT molecular complexity index is 561. The topological polar surface area (TPSA) is 52.6 Å². The molecule has 0 spiro atoms. The van der Waals surface area contributed by atoms with E-state index in [0.717, 1.165) is 70.6 Å². The van der Waals surface area contributed by atoms with Crippen LogP contribution in [0.2, 0.25) is 0 Å². The van der Waals surface area contributed by atoms with Gasteiger partial charge in [0.2, 0.25) is 0 Å². The van der Waals surface area contributed by atoms with Crippen LogP contribution in [0.1, 0.15) is 220 Å². The van der Waals surface area contributed by atoms with Crippen molar-refractivity contribution >= 4 is 11.9 Å². The van der Waals surface area contributed by atoms with Gasteiger partial charge in [0, 0.05) is 12.8 Å². The summed E-state index contributed by atoms with van der Waals surface area (Å²) in [6.45, 7) is 7.25. The molecule has 0 saturated carbocycles. The smallest absolute Gasteiger partial charge is 0.306 e. The maximum Gasteiger partial charge on any atom is 0.306 e. The molecule has 4 nitrogen and oxygen atoms in total. The van der Waals surface area contributed by atoms with E-state index in [1.165, 1.54) is 116 Å². The molecule has 1 unspecified atom stereocenters. The highest BCUT2D eigenvalue weighted by atomic mass is 16.5. The minimum atomic E-state index is -0.0388. The van der Waals surface area contributed by atoms with Gasteiger partial charge >= 0.3 is 11.9 Å². The number of rotatable bonds is 34. The van der Waals surface area contributed by atoms with Crippen LogP contribution < -0.4 is 0 Å². The summed E-state index contributed by atoms with van der Waals surface area (Å²) in [5.74, 6) is -0.0496. The lowest BCUT2D eigenvalue weighted by Crippen LogP contribution is -2.18. The Balaban J connectivity index is 3.69. The molecule has 0 N–H and O–H groups in total. The molecule has 4 heteroatoms. The molecule has 0 amide bonds. The Hall–Kier alpha value is -1.06. The number of hydrogen-bond acceptors (Lipinski definition) is 4. The van der Waals surface area contributed by atoms with Gasteiger partial charge in [-0.3, -0.25) is 9.59 Å². The molecule has 0 radical (unpaired) electrons. The van der Waals surface area contributed by atoms with E-state index in [1.54, 1.807) is 0 Å². The Labute approximate surface area is 263 Å². The summed E-state index contributed by atoms with van der Waals surface area (Å²) < 4.78 is 11.3. The van der Waals surface area contributed by atoms with Crippen molar-refractivity contribution in [2.45, 2.75) is 226 Å². The van der Waals surface area contributed by atoms with E-state index in [-0.39, 0.29) is 18.0 Å². The molecule has 0 aliphatic carbocycles. The van der Waals surface area contributed by atoms with E-state index in [1.807, 2.05) is 0 Å². The normalized spacial score (nSPS) is 12.0. The Morgan fingerprint density at radius 2 is 0.762 bits per heavy atom. The van der Waals surface area contributed by atoms with Crippen LogP contribution in [0.25, 0.3) is 0 Å². The Kier molecular flexibility index (Phi) is 33.6. The van der Waals surface area contributed by atoms with Gasteiger partial charge in [-0.05, 0) is 44.9 Å². The van der Waals surface area contributed by atoms with Gasteiger partial charge in [0.05, 0.1) is 6.61 Å². The zero-order chi connectivity index (χ0) is 30.8. The lowest BCUT2D eigenvalue weighted by Gasteiger charge is -2.18. The molecular formula is C38H74O4. The van der Waals surface area contributed by atoms with Crippen molar-refractivity contribution in [3.8, 4) is 0 Å². The van der Waals surface area contributed by atoms with Gasteiger partial charge in [-0.1, -0.05) is 162 Å². The molecule has 0 fully saturated rings. The first-order chi connectivity index (χ1) is 20.6. The molecule has 0 rings (SSSR count).